The lowest BCUT2D eigenvalue weighted by atomic mass is 10.0. The molecule has 0 saturated heterocycles. The monoisotopic (exact) mass is 153 g/mol. The topological polar surface area (TPSA) is 12.0 Å². The van der Waals surface area contributed by atoms with Crippen molar-refractivity contribution in [3.8, 4) is 0 Å². The van der Waals surface area contributed by atoms with Gasteiger partial charge in [0.1, 0.15) is 0 Å². The minimum Gasteiger partial charge on any atom is -0.310 e. The van der Waals surface area contributed by atoms with Crippen LogP contribution in [0.1, 0.15) is 20.3 Å². The largest absolute Gasteiger partial charge is 0.310 e. The molecule has 11 heavy (non-hydrogen) atoms. The maximum Gasteiger partial charge on any atom is 0.0135 e. The highest BCUT2D eigenvalue weighted by molar-refractivity contribution is 4.82. The molecular weight excluding hydrogens is 134 g/mol. The van der Waals surface area contributed by atoms with Crippen molar-refractivity contribution in [1.29, 1.82) is 0 Å². The summed E-state index contributed by atoms with van der Waals surface area (Å²) in [6.07, 6.45) is 4.88. The van der Waals surface area contributed by atoms with E-state index in [0.29, 0.717) is 12.0 Å². The van der Waals surface area contributed by atoms with Gasteiger partial charge >= 0.3 is 0 Å². The van der Waals surface area contributed by atoms with Crippen LogP contribution in [0.3, 0.4) is 0 Å². The van der Waals surface area contributed by atoms with E-state index in [9.17, 15) is 0 Å². The molecule has 0 saturated carbocycles. The summed E-state index contributed by atoms with van der Waals surface area (Å²) in [6.45, 7) is 12.7. The molecule has 0 rings (SSSR count). The molecule has 1 atom stereocenters. The van der Waals surface area contributed by atoms with Crippen molar-refractivity contribution in [2.45, 2.75) is 26.3 Å². The second-order valence-corrected chi connectivity index (χ2v) is 3.07. The molecule has 0 fully saturated rings. The molecule has 64 valence electrons. The molecule has 0 heterocycles. The molecule has 0 aliphatic heterocycles. The molecule has 1 nitrogen and oxygen atoms in total. The zero-order chi connectivity index (χ0) is 8.69. The average molecular weight is 153 g/mol. The fourth-order valence-corrected chi connectivity index (χ4v) is 1.01. The highest BCUT2D eigenvalue weighted by Gasteiger charge is 2.08. The van der Waals surface area contributed by atoms with Gasteiger partial charge in [-0.1, -0.05) is 26.0 Å². The first-order valence-corrected chi connectivity index (χ1v) is 4.17. The molecule has 1 unspecified atom stereocenters. The fraction of sp³-hybridized carbons (Fsp3) is 0.600. The summed E-state index contributed by atoms with van der Waals surface area (Å²) < 4.78 is 0. The van der Waals surface area contributed by atoms with Gasteiger partial charge in [0, 0.05) is 12.6 Å². The third kappa shape index (κ3) is 4.79. The maximum absolute atomic E-state index is 3.73. The molecule has 1 N–H and O–H groups in total. The van der Waals surface area contributed by atoms with Crippen LogP contribution >= 0.6 is 0 Å². The normalized spacial score (nSPS) is 13.0. The Bertz CT molecular complexity index is 116. The average Bonchev–Trinajstić information content (AvgIpc) is 1.97. The minimum atomic E-state index is 0.547. The minimum absolute atomic E-state index is 0.547. The molecule has 0 aliphatic carbocycles. The summed E-state index contributed by atoms with van der Waals surface area (Å²) >= 11 is 0. The van der Waals surface area contributed by atoms with Crippen LogP contribution in [0.15, 0.2) is 25.3 Å². The van der Waals surface area contributed by atoms with E-state index < -0.39 is 0 Å². The SMILES string of the molecule is C=CCNC(CC=C)C(C)C. The van der Waals surface area contributed by atoms with Gasteiger partial charge in [0.15, 0.2) is 0 Å². The molecule has 0 aromatic heterocycles. The van der Waals surface area contributed by atoms with Gasteiger partial charge in [0.05, 0.1) is 0 Å². The quantitative estimate of drug-likeness (QED) is 0.578. The van der Waals surface area contributed by atoms with Gasteiger partial charge in [0.2, 0.25) is 0 Å². The fourth-order valence-electron chi connectivity index (χ4n) is 1.01. The van der Waals surface area contributed by atoms with E-state index in [1.165, 1.54) is 0 Å². The summed E-state index contributed by atoms with van der Waals surface area (Å²) in [7, 11) is 0. The number of nitrogens with one attached hydrogen (secondary N) is 1. The van der Waals surface area contributed by atoms with Crippen LogP contribution in [0.5, 0.6) is 0 Å². The van der Waals surface area contributed by atoms with Crippen molar-refractivity contribution >= 4 is 0 Å². The molecule has 0 aromatic carbocycles. The first-order chi connectivity index (χ1) is 5.22. The highest BCUT2D eigenvalue weighted by atomic mass is 14.9. The summed E-state index contributed by atoms with van der Waals surface area (Å²) in [4.78, 5) is 0. The van der Waals surface area contributed by atoms with Gasteiger partial charge in [0.25, 0.3) is 0 Å². The third-order valence-corrected chi connectivity index (χ3v) is 1.75. The summed E-state index contributed by atoms with van der Waals surface area (Å²) in [6, 6.07) is 0.547. The standard InChI is InChI=1S/C10H19N/c1-5-7-10(9(3)4)11-8-6-2/h5-6,9-11H,1-2,7-8H2,3-4H3. The van der Waals surface area contributed by atoms with Gasteiger partial charge in [-0.3, -0.25) is 0 Å². The molecule has 0 bridgehead atoms. The Labute approximate surface area is 70.2 Å². The molecule has 0 radical (unpaired) electrons. The Kier molecular flexibility index (Phi) is 5.86. The van der Waals surface area contributed by atoms with E-state index in [0.717, 1.165) is 13.0 Å². The number of hydrogen-bond acceptors (Lipinski definition) is 1. The highest BCUT2D eigenvalue weighted by Crippen LogP contribution is 2.05. The third-order valence-electron chi connectivity index (χ3n) is 1.75. The van der Waals surface area contributed by atoms with Crippen LogP contribution in [0, 0.1) is 5.92 Å². The lowest BCUT2D eigenvalue weighted by Gasteiger charge is -2.19. The smallest absolute Gasteiger partial charge is 0.0135 e. The van der Waals surface area contributed by atoms with Crippen LogP contribution in [-0.2, 0) is 0 Å². The Morgan fingerprint density at radius 3 is 2.27 bits per heavy atom. The van der Waals surface area contributed by atoms with Gasteiger partial charge in [-0.15, -0.1) is 13.2 Å². The zero-order valence-corrected chi connectivity index (χ0v) is 7.64. The van der Waals surface area contributed by atoms with Crippen LogP contribution in [0.4, 0.5) is 0 Å². The van der Waals surface area contributed by atoms with Crippen molar-refractivity contribution in [3.05, 3.63) is 25.3 Å². The lowest BCUT2D eigenvalue weighted by Crippen LogP contribution is -2.33. The van der Waals surface area contributed by atoms with Crippen LogP contribution in [0.2, 0.25) is 0 Å². The second-order valence-electron chi connectivity index (χ2n) is 3.07. The maximum atomic E-state index is 3.73. The molecule has 0 spiro atoms. The van der Waals surface area contributed by atoms with E-state index in [-0.39, 0.29) is 0 Å². The predicted octanol–water partition coefficient (Wildman–Crippen LogP) is 2.36. The van der Waals surface area contributed by atoms with Gasteiger partial charge in [-0.25, -0.2) is 0 Å². The zero-order valence-electron chi connectivity index (χ0n) is 7.64. The van der Waals surface area contributed by atoms with Crippen LogP contribution in [-0.4, -0.2) is 12.6 Å². The van der Waals surface area contributed by atoms with E-state index in [1.54, 1.807) is 0 Å². The Hall–Kier alpha value is -0.560. The summed E-state index contributed by atoms with van der Waals surface area (Å²) in [5.41, 5.74) is 0. The van der Waals surface area contributed by atoms with Crippen molar-refractivity contribution in [1.82, 2.24) is 5.32 Å². The van der Waals surface area contributed by atoms with E-state index in [1.807, 2.05) is 12.2 Å². The first kappa shape index (κ1) is 10.4. The predicted molar refractivity (Wildman–Crippen MR) is 51.6 cm³/mol. The second kappa shape index (κ2) is 6.17. The van der Waals surface area contributed by atoms with Crippen molar-refractivity contribution < 1.29 is 0 Å². The van der Waals surface area contributed by atoms with E-state index in [4.69, 9.17) is 0 Å². The summed E-state index contributed by atoms with van der Waals surface area (Å²) in [5.74, 6) is 0.660. The van der Waals surface area contributed by atoms with E-state index >= 15 is 0 Å². The number of hydrogen-bond donors (Lipinski definition) is 1. The molecule has 0 amide bonds. The van der Waals surface area contributed by atoms with Crippen molar-refractivity contribution in [3.63, 3.8) is 0 Å². The molecule has 1 heteroatoms. The Morgan fingerprint density at radius 2 is 1.91 bits per heavy atom. The first-order valence-electron chi connectivity index (χ1n) is 4.17. The molecule has 0 aliphatic rings. The number of rotatable bonds is 6. The van der Waals surface area contributed by atoms with Crippen molar-refractivity contribution in [2.24, 2.45) is 5.92 Å². The lowest BCUT2D eigenvalue weighted by molar-refractivity contribution is 0.418. The molecule has 0 aromatic rings. The van der Waals surface area contributed by atoms with Crippen molar-refractivity contribution in [2.75, 3.05) is 6.54 Å². The van der Waals surface area contributed by atoms with Crippen LogP contribution in [0.25, 0.3) is 0 Å². The Morgan fingerprint density at radius 1 is 1.27 bits per heavy atom. The molecular formula is C10H19N. The van der Waals surface area contributed by atoms with Crippen LogP contribution < -0.4 is 5.32 Å². The summed E-state index contributed by atoms with van der Waals surface area (Å²) in [5, 5.41) is 3.38. The van der Waals surface area contributed by atoms with Gasteiger partial charge < -0.3 is 5.32 Å². The van der Waals surface area contributed by atoms with E-state index in [2.05, 4.69) is 32.3 Å². The van der Waals surface area contributed by atoms with Gasteiger partial charge in [-0.05, 0) is 12.3 Å². The van der Waals surface area contributed by atoms with Gasteiger partial charge in [-0.2, -0.15) is 0 Å². The Balaban J connectivity index is 3.68.